The van der Waals surface area contributed by atoms with E-state index in [4.69, 9.17) is 0 Å². The van der Waals surface area contributed by atoms with E-state index in [1.54, 1.807) is 24.3 Å². The Morgan fingerprint density at radius 1 is 1.04 bits per heavy atom. The van der Waals surface area contributed by atoms with Gasteiger partial charge in [0.25, 0.3) is 5.91 Å². The van der Waals surface area contributed by atoms with Gasteiger partial charge in [-0.2, -0.15) is 0 Å². The summed E-state index contributed by atoms with van der Waals surface area (Å²) in [6, 6.07) is 17.1. The highest BCUT2D eigenvalue weighted by Crippen LogP contribution is 2.18. The number of hydrogen-bond acceptors (Lipinski definition) is 4. The van der Waals surface area contributed by atoms with Crippen molar-refractivity contribution < 1.29 is 13.2 Å². The Morgan fingerprint density at radius 3 is 2.33 bits per heavy atom. The summed E-state index contributed by atoms with van der Waals surface area (Å²) in [7, 11) is -3.44. The Balaban J connectivity index is 1.56. The SMILES string of the molecule is CS(=O)(=O)Nc1ccccc1C(=O)NC1CCN(Cc2ccccc2)CC1. The van der Waals surface area contributed by atoms with Gasteiger partial charge in [0, 0.05) is 25.7 Å². The van der Waals surface area contributed by atoms with Gasteiger partial charge in [0.2, 0.25) is 10.0 Å². The number of nitrogens with zero attached hydrogens (tertiary/aromatic N) is 1. The van der Waals surface area contributed by atoms with E-state index in [-0.39, 0.29) is 11.9 Å². The van der Waals surface area contributed by atoms with Gasteiger partial charge in [0.05, 0.1) is 17.5 Å². The van der Waals surface area contributed by atoms with Crippen LogP contribution in [0.15, 0.2) is 54.6 Å². The van der Waals surface area contributed by atoms with Crippen LogP contribution in [0.3, 0.4) is 0 Å². The van der Waals surface area contributed by atoms with Crippen LogP contribution in [0.25, 0.3) is 0 Å². The Morgan fingerprint density at radius 2 is 1.67 bits per heavy atom. The number of anilines is 1. The molecule has 0 aromatic heterocycles. The highest BCUT2D eigenvalue weighted by Gasteiger charge is 2.22. The van der Waals surface area contributed by atoms with Crippen LogP contribution in [0.1, 0.15) is 28.8 Å². The van der Waals surface area contributed by atoms with Crippen molar-refractivity contribution in [1.29, 1.82) is 0 Å². The predicted molar refractivity (Wildman–Crippen MR) is 107 cm³/mol. The third-order valence-electron chi connectivity index (χ3n) is 4.64. The number of piperidine rings is 1. The topological polar surface area (TPSA) is 78.5 Å². The minimum Gasteiger partial charge on any atom is -0.349 e. The molecular weight excluding hydrogens is 362 g/mol. The molecule has 1 aliphatic heterocycles. The number of rotatable bonds is 6. The predicted octanol–water partition coefficient (Wildman–Crippen LogP) is 2.45. The first kappa shape index (κ1) is 19.4. The lowest BCUT2D eigenvalue weighted by molar-refractivity contribution is 0.0910. The molecule has 1 fully saturated rings. The molecular formula is C20H25N3O3S. The van der Waals surface area contributed by atoms with Crippen molar-refractivity contribution in [3.63, 3.8) is 0 Å². The molecule has 0 bridgehead atoms. The van der Waals surface area contributed by atoms with E-state index in [9.17, 15) is 13.2 Å². The van der Waals surface area contributed by atoms with E-state index < -0.39 is 10.0 Å². The molecule has 0 saturated carbocycles. The van der Waals surface area contributed by atoms with Crippen molar-refractivity contribution >= 4 is 21.6 Å². The number of likely N-dealkylation sites (tertiary alicyclic amines) is 1. The molecule has 6 nitrogen and oxygen atoms in total. The largest absolute Gasteiger partial charge is 0.349 e. The number of nitrogens with one attached hydrogen (secondary N) is 2. The molecule has 1 saturated heterocycles. The molecule has 3 rings (SSSR count). The van der Waals surface area contributed by atoms with Crippen LogP contribution in [0.4, 0.5) is 5.69 Å². The van der Waals surface area contributed by atoms with Gasteiger partial charge in [-0.3, -0.25) is 14.4 Å². The molecule has 0 aliphatic carbocycles. The Kier molecular flexibility index (Phi) is 6.13. The van der Waals surface area contributed by atoms with Crippen molar-refractivity contribution in [2.24, 2.45) is 0 Å². The maximum atomic E-state index is 12.6. The van der Waals surface area contributed by atoms with E-state index in [0.29, 0.717) is 11.3 Å². The fourth-order valence-corrected chi connectivity index (χ4v) is 3.89. The molecule has 2 N–H and O–H groups in total. The quantitative estimate of drug-likeness (QED) is 0.798. The summed E-state index contributed by atoms with van der Waals surface area (Å²) in [6.07, 6.45) is 2.82. The second kappa shape index (κ2) is 8.54. The summed E-state index contributed by atoms with van der Waals surface area (Å²) < 4.78 is 25.4. The number of benzene rings is 2. The van der Waals surface area contributed by atoms with Crippen LogP contribution in [-0.2, 0) is 16.6 Å². The summed E-state index contributed by atoms with van der Waals surface area (Å²) in [6.45, 7) is 2.76. The fourth-order valence-electron chi connectivity index (χ4n) is 3.31. The van der Waals surface area contributed by atoms with E-state index in [1.165, 1.54) is 5.56 Å². The average molecular weight is 388 g/mol. The highest BCUT2D eigenvalue weighted by molar-refractivity contribution is 7.92. The van der Waals surface area contributed by atoms with Crippen LogP contribution < -0.4 is 10.0 Å². The summed E-state index contributed by atoms with van der Waals surface area (Å²) >= 11 is 0. The first-order chi connectivity index (χ1) is 12.9. The summed E-state index contributed by atoms with van der Waals surface area (Å²) in [5.74, 6) is -0.247. The standard InChI is InChI=1S/C20H25N3O3S/c1-27(25,26)22-19-10-6-5-9-18(19)20(24)21-17-11-13-23(14-12-17)15-16-7-3-2-4-8-16/h2-10,17,22H,11-15H2,1H3,(H,21,24). The van der Waals surface area contributed by atoms with Gasteiger partial charge < -0.3 is 5.32 Å². The van der Waals surface area contributed by atoms with E-state index in [0.717, 1.165) is 38.7 Å². The van der Waals surface area contributed by atoms with Crippen LogP contribution in [-0.4, -0.2) is 44.6 Å². The smallest absolute Gasteiger partial charge is 0.253 e. The van der Waals surface area contributed by atoms with Crippen molar-refractivity contribution in [2.75, 3.05) is 24.1 Å². The van der Waals surface area contributed by atoms with Gasteiger partial charge in [0.15, 0.2) is 0 Å². The van der Waals surface area contributed by atoms with Crippen molar-refractivity contribution in [3.8, 4) is 0 Å². The van der Waals surface area contributed by atoms with Crippen LogP contribution in [0, 0.1) is 0 Å². The molecule has 0 unspecified atom stereocenters. The lowest BCUT2D eigenvalue weighted by atomic mass is 10.0. The zero-order chi connectivity index (χ0) is 19.3. The molecule has 2 aromatic rings. The van der Waals surface area contributed by atoms with Gasteiger partial charge in [-0.25, -0.2) is 8.42 Å². The summed E-state index contributed by atoms with van der Waals surface area (Å²) in [4.78, 5) is 15.0. The molecule has 27 heavy (non-hydrogen) atoms. The first-order valence-corrected chi connectivity index (χ1v) is 10.9. The summed E-state index contributed by atoms with van der Waals surface area (Å²) in [5.41, 5.74) is 1.94. The highest BCUT2D eigenvalue weighted by atomic mass is 32.2. The first-order valence-electron chi connectivity index (χ1n) is 9.05. The maximum Gasteiger partial charge on any atom is 0.253 e. The molecule has 0 radical (unpaired) electrons. The van der Waals surface area contributed by atoms with E-state index >= 15 is 0 Å². The lowest BCUT2D eigenvalue weighted by Gasteiger charge is -2.32. The number of hydrogen-bond donors (Lipinski definition) is 2. The zero-order valence-corrected chi connectivity index (χ0v) is 16.2. The fraction of sp³-hybridized carbons (Fsp3) is 0.350. The monoisotopic (exact) mass is 387 g/mol. The number of para-hydroxylation sites is 1. The van der Waals surface area contributed by atoms with E-state index in [1.807, 2.05) is 18.2 Å². The maximum absolute atomic E-state index is 12.6. The Bertz CT molecular complexity index is 876. The van der Waals surface area contributed by atoms with Gasteiger partial charge >= 0.3 is 0 Å². The van der Waals surface area contributed by atoms with Crippen molar-refractivity contribution in [2.45, 2.75) is 25.4 Å². The van der Waals surface area contributed by atoms with Crippen molar-refractivity contribution in [1.82, 2.24) is 10.2 Å². The average Bonchev–Trinajstić information content (AvgIpc) is 2.63. The molecule has 0 atom stereocenters. The Labute approximate surface area is 160 Å². The lowest BCUT2D eigenvalue weighted by Crippen LogP contribution is -2.44. The third-order valence-corrected chi connectivity index (χ3v) is 5.23. The normalized spacial score (nSPS) is 16.0. The second-order valence-corrected chi connectivity index (χ2v) is 8.68. The number of sulfonamides is 1. The van der Waals surface area contributed by atoms with Gasteiger partial charge in [-0.1, -0.05) is 42.5 Å². The molecule has 144 valence electrons. The van der Waals surface area contributed by atoms with Crippen molar-refractivity contribution in [3.05, 3.63) is 65.7 Å². The van der Waals surface area contributed by atoms with Gasteiger partial charge in [0.1, 0.15) is 0 Å². The van der Waals surface area contributed by atoms with Gasteiger partial charge in [-0.05, 0) is 30.5 Å². The van der Waals surface area contributed by atoms with E-state index in [2.05, 4.69) is 27.1 Å². The number of carbonyl (C=O) groups is 1. The summed E-state index contributed by atoms with van der Waals surface area (Å²) in [5, 5.41) is 3.05. The number of carbonyl (C=O) groups excluding carboxylic acids is 1. The molecule has 1 heterocycles. The zero-order valence-electron chi connectivity index (χ0n) is 15.4. The molecule has 2 aromatic carbocycles. The second-order valence-electron chi connectivity index (χ2n) is 6.93. The van der Waals surface area contributed by atoms with Gasteiger partial charge in [-0.15, -0.1) is 0 Å². The minimum atomic E-state index is -3.44. The van der Waals surface area contributed by atoms with Crippen LogP contribution >= 0.6 is 0 Å². The Hall–Kier alpha value is -2.38. The number of amides is 1. The van der Waals surface area contributed by atoms with Crippen LogP contribution in [0.5, 0.6) is 0 Å². The molecule has 7 heteroatoms. The molecule has 1 amide bonds. The minimum absolute atomic E-state index is 0.0933. The molecule has 0 spiro atoms. The molecule has 1 aliphatic rings. The van der Waals surface area contributed by atoms with Crippen LogP contribution in [0.2, 0.25) is 0 Å². The third kappa shape index (κ3) is 5.80.